The van der Waals surface area contributed by atoms with E-state index in [2.05, 4.69) is 4.98 Å². The second kappa shape index (κ2) is 5.81. The lowest BCUT2D eigenvalue weighted by atomic mass is 9.97. The van der Waals surface area contributed by atoms with Crippen LogP contribution < -0.4 is 11.3 Å². The quantitative estimate of drug-likeness (QED) is 0.689. The zero-order valence-electron chi connectivity index (χ0n) is 11.8. The van der Waals surface area contributed by atoms with Crippen LogP contribution in [0.25, 0.3) is 10.2 Å². The van der Waals surface area contributed by atoms with E-state index >= 15 is 0 Å². The number of amides is 1. The van der Waals surface area contributed by atoms with Crippen molar-refractivity contribution < 1.29 is 4.79 Å². The highest BCUT2D eigenvalue weighted by Crippen LogP contribution is 2.34. The summed E-state index contributed by atoms with van der Waals surface area (Å²) in [6, 6.07) is 0. The van der Waals surface area contributed by atoms with Gasteiger partial charge in [0, 0.05) is 11.4 Å². The fraction of sp³-hybridized carbons (Fsp3) is 0.500. The van der Waals surface area contributed by atoms with Crippen molar-refractivity contribution in [2.45, 2.75) is 44.3 Å². The number of carbonyl (C=O) groups is 1. The lowest BCUT2D eigenvalue weighted by molar-refractivity contribution is -0.115. The highest BCUT2D eigenvalue weighted by molar-refractivity contribution is 7.99. The Hall–Kier alpha value is -1.34. The molecular formula is C14H17N3O2S2. The average molecular weight is 323 g/mol. The van der Waals surface area contributed by atoms with Gasteiger partial charge in [-0.05, 0) is 38.2 Å². The number of carbonyl (C=O) groups excluding carboxylic acids is 1. The van der Waals surface area contributed by atoms with Crippen LogP contribution in [0, 0.1) is 0 Å². The third-order valence-electron chi connectivity index (χ3n) is 3.70. The van der Waals surface area contributed by atoms with Crippen molar-refractivity contribution in [3.05, 3.63) is 20.8 Å². The molecule has 0 atom stereocenters. The monoisotopic (exact) mass is 323 g/mol. The van der Waals surface area contributed by atoms with E-state index in [1.807, 2.05) is 6.92 Å². The smallest absolute Gasteiger partial charge is 0.263 e. The molecule has 112 valence electrons. The second-order valence-corrected chi connectivity index (χ2v) is 7.12. The molecule has 1 amide bonds. The Morgan fingerprint density at radius 2 is 2.19 bits per heavy atom. The zero-order chi connectivity index (χ0) is 15.0. The van der Waals surface area contributed by atoms with Crippen LogP contribution in [0.3, 0.4) is 0 Å². The van der Waals surface area contributed by atoms with Gasteiger partial charge >= 0.3 is 0 Å². The molecule has 0 unspecified atom stereocenters. The fourth-order valence-electron chi connectivity index (χ4n) is 2.74. The van der Waals surface area contributed by atoms with E-state index in [9.17, 15) is 9.59 Å². The van der Waals surface area contributed by atoms with E-state index in [1.165, 1.54) is 28.6 Å². The number of thioether (sulfide) groups is 1. The Morgan fingerprint density at radius 3 is 2.90 bits per heavy atom. The topological polar surface area (TPSA) is 78.0 Å². The lowest BCUT2D eigenvalue weighted by Gasteiger charge is -2.11. The van der Waals surface area contributed by atoms with E-state index < -0.39 is 5.91 Å². The van der Waals surface area contributed by atoms with Gasteiger partial charge in [0.2, 0.25) is 5.91 Å². The van der Waals surface area contributed by atoms with Crippen molar-refractivity contribution >= 4 is 39.2 Å². The van der Waals surface area contributed by atoms with Crippen LogP contribution in [0.15, 0.2) is 9.95 Å². The minimum absolute atomic E-state index is 0.0221. The number of fused-ring (bicyclic) bond motifs is 3. The molecule has 2 N–H and O–H groups in total. The van der Waals surface area contributed by atoms with E-state index in [-0.39, 0.29) is 11.3 Å². The summed E-state index contributed by atoms with van der Waals surface area (Å²) in [7, 11) is 0. The van der Waals surface area contributed by atoms with E-state index in [0.717, 1.165) is 29.5 Å². The first-order chi connectivity index (χ1) is 10.1. The van der Waals surface area contributed by atoms with Crippen LogP contribution in [0.1, 0.15) is 30.2 Å². The number of nitrogens with zero attached hydrogens (tertiary/aromatic N) is 2. The molecule has 2 heterocycles. The van der Waals surface area contributed by atoms with Crippen LogP contribution in [-0.2, 0) is 24.2 Å². The predicted octanol–water partition coefficient (Wildman–Crippen LogP) is 1.93. The van der Waals surface area contributed by atoms with Crippen LogP contribution in [-0.4, -0.2) is 21.2 Å². The molecule has 2 aromatic heterocycles. The number of aromatic nitrogens is 2. The van der Waals surface area contributed by atoms with E-state index in [0.29, 0.717) is 11.7 Å². The van der Waals surface area contributed by atoms with Gasteiger partial charge in [-0.25, -0.2) is 4.98 Å². The van der Waals surface area contributed by atoms with Gasteiger partial charge in [-0.3, -0.25) is 14.2 Å². The van der Waals surface area contributed by atoms with Crippen LogP contribution >= 0.6 is 23.1 Å². The molecule has 3 rings (SSSR count). The minimum atomic E-state index is -0.400. The third-order valence-corrected chi connectivity index (χ3v) is 5.88. The van der Waals surface area contributed by atoms with E-state index in [4.69, 9.17) is 5.73 Å². The molecule has 5 nitrogen and oxygen atoms in total. The largest absolute Gasteiger partial charge is 0.369 e. The molecule has 21 heavy (non-hydrogen) atoms. The highest BCUT2D eigenvalue weighted by Gasteiger charge is 2.21. The third kappa shape index (κ3) is 2.60. The molecule has 0 saturated heterocycles. The van der Waals surface area contributed by atoms with Crippen LogP contribution in [0.5, 0.6) is 0 Å². The van der Waals surface area contributed by atoms with Gasteiger partial charge in [0.1, 0.15) is 4.83 Å². The lowest BCUT2D eigenvalue weighted by Crippen LogP contribution is -2.24. The van der Waals surface area contributed by atoms with Gasteiger partial charge in [-0.2, -0.15) is 0 Å². The van der Waals surface area contributed by atoms with E-state index in [1.54, 1.807) is 15.9 Å². The summed E-state index contributed by atoms with van der Waals surface area (Å²) in [5.41, 5.74) is 6.41. The predicted molar refractivity (Wildman–Crippen MR) is 86.1 cm³/mol. The van der Waals surface area contributed by atoms with Crippen molar-refractivity contribution in [2.24, 2.45) is 5.73 Å². The SMILES string of the molecule is CCn1c(SCC(N)=O)nc2sc3c(c2c1=O)CCCC3. The van der Waals surface area contributed by atoms with Gasteiger partial charge < -0.3 is 5.73 Å². The first kappa shape index (κ1) is 14.6. The molecule has 2 aromatic rings. The maximum atomic E-state index is 12.8. The molecule has 0 radical (unpaired) electrons. The average Bonchev–Trinajstić information content (AvgIpc) is 2.83. The van der Waals surface area contributed by atoms with Crippen molar-refractivity contribution in [3.8, 4) is 0 Å². The molecule has 0 spiro atoms. The van der Waals surface area contributed by atoms with Crippen molar-refractivity contribution in [3.63, 3.8) is 0 Å². The molecular weight excluding hydrogens is 306 g/mol. The molecule has 7 heteroatoms. The number of thiophene rings is 1. The number of aryl methyl sites for hydroxylation is 2. The molecule has 1 aliphatic rings. The summed E-state index contributed by atoms with van der Waals surface area (Å²) >= 11 is 2.87. The van der Waals surface area contributed by atoms with Gasteiger partial charge in [0.05, 0.1) is 11.1 Å². The molecule has 0 aromatic carbocycles. The molecule has 1 aliphatic carbocycles. The van der Waals surface area contributed by atoms with Gasteiger partial charge in [0.25, 0.3) is 5.56 Å². The summed E-state index contributed by atoms with van der Waals surface area (Å²) in [6.45, 7) is 2.47. The van der Waals surface area contributed by atoms with Crippen molar-refractivity contribution in [1.29, 1.82) is 0 Å². The van der Waals surface area contributed by atoms with Crippen molar-refractivity contribution in [2.75, 3.05) is 5.75 Å². The van der Waals surface area contributed by atoms with Gasteiger partial charge in [0.15, 0.2) is 5.16 Å². The Labute approximate surface area is 130 Å². The Kier molecular flexibility index (Phi) is 4.03. The second-order valence-electron chi connectivity index (χ2n) is 5.09. The molecule has 0 bridgehead atoms. The van der Waals surface area contributed by atoms with Gasteiger partial charge in [-0.1, -0.05) is 11.8 Å². The number of nitrogens with two attached hydrogens (primary N) is 1. The normalized spacial score (nSPS) is 14.3. The first-order valence-electron chi connectivity index (χ1n) is 7.08. The number of hydrogen-bond donors (Lipinski definition) is 1. The minimum Gasteiger partial charge on any atom is -0.369 e. The van der Waals surface area contributed by atoms with Crippen LogP contribution in [0.2, 0.25) is 0 Å². The van der Waals surface area contributed by atoms with Crippen molar-refractivity contribution in [1.82, 2.24) is 9.55 Å². The number of rotatable bonds is 4. The standard InChI is InChI=1S/C14H17N3O2S2/c1-2-17-13(19)11-8-5-3-4-6-9(8)21-12(11)16-14(17)20-7-10(15)18/h2-7H2,1H3,(H2,15,18). The maximum absolute atomic E-state index is 12.8. The molecule has 0 saturated carbocycles. The van der Waals surface area contributed by atoms with Gasteiger partial charge in [-0.15, -0.1) is 11.3 Å². The summed E-state index contributed by atoms with van der Waals surface area (Å²) in [5, 5.41) is 1.38. The molecule has 0 fully saturated rings. The Bertz CT molecular complexity index is 764. The highest BCUT2D eigenvalue weighted by atomic mass is 32.2. The first-order valence-corrected chi connectivity index (χ1v) is 8.88. The molecule has 0 aliphatic heterocycles. The Balaban J connectivity index is 2.17. The summed E-state index contributed by atoms with van der Waals surface area (Å²) in [5.74, 6) is -0.259. The summed E-state index contributed by atoms with van der Waals surface area (Å²) < 4.78 is 1.65. The Morgan fingerprint density at radius 1 is 1.43 bits per heavy atom. The van der Waals surface area contributed by atoms with Crippen LogP contribution in [0.4, 0.5) is 0 Å². The number of primary amides is 1. The fourth-order valence-corrected chi connectivity index (χ4v) is 4.85. The summed E-state index contributed by atoms with van der Waals surface area (Å²) in [6.07, 6.45) is 4.35. The number of hydrogen-bond acceptors (Lipinski definition) is 5. The zero-order valence-corrected chi connectivity index (χ0v) is 13.5. The maximum Gasteiger partial charge on any atom is 0.263 e. The summed E-state index contributed by atoms with van der Waals surface area (Å²) in [4.78, 5) is 30.5.